The molecule has 1 heterocycles. The van der Waals surface area contributed by atoms with Gasteiger partial charge in [0.1, 0.15) is 24.1 Å². The monoisotopic (exact) mass is 538 g/mol. The van der Waals surface area contributed by atoms with E-state index in [2.05, 4.69) is 6.58 Å². The van der Waals surface area contributed by atoms with Gasteiger partial charge in [0.05, 0.1) is 11.7 Å². The molecule has 1 aliphatic carbocycles. The highest BCUT2D eigenvalue weighted by Crippen LogP contribution is 2.40. The molecule has 0 unspecified atom stereocenters. The van der Waals surface area contributed by atoms with Crippen LogP contribution in [0.25, 0.3) is 0 Å². The minimum absolute atomic E-state index is 0.115. The average molecular weight is 539 g/mol. The molecule has 0 bridgehead atoms. The van der Waals surface area contributed by atoms with Crippen LogP contribution in [0.1, 0.15) is 69.8 Å². The molecule has 9 heteroatoms. The molecule has 1 saturated carbocycles. The molecule has 1 aliphatic heterocycles. The van der Waals surface area contributed by atoms with Gasteiger partial charge in [0.25, 0.3) is 0 Å². The second-order valence-corrected chi connectivity index (χ2v) is 11.1. The fourth-order valence-electron chi connectivity index (χ4n) is 5.73. The van der Waals surface area contributed by atoms with Gasteiger partial charge in [-0.25, -0.2) is 0 Å². The number of rotatable bonds is 14. The minimum Gasteiger partial charge on any atom is -0.462 e. The summed E-state index contributed by atoms with van der Waals surface area (Å²) in [4.78, 5) is 0. The summed E-state index contributed by atoms with van der Waals surface area (Å²) in [6, 6.07) is 7.05. The molecule has 0 radical (unpaired) electrons. The molecular formula is C29H46O9. The third kappa shape index (κ3) is 7.76. The van der Waals surface area contributed by atoms with Crippen molar-refractivity contribution in [3.8, 4) is 5.75 Å². The molecular weight excluding hydrogens is 492 g/mol. The number of ether oxygens (including phenoxy) is 2. The van der Waals surface area contributed by atoms with E-state index in [-0.39, 0.29) is 32.5 Å². The fraction of sp³-hybridized carbons (Fsp3) is 0.724. The first-order valence-corrected chi connectivity index (χ1v) is 13.9. The highest BCUT2D eigenvalue weighted by Gasteiger charge is 2.58. The molecule has 0 spiro atoms. The Hall–Kier alpha value is -1.56. The maximum Gasteiger partial charge on any atom is 0.232 e. The van der Waals surface area contributed by atoms with Gasteiger partial charge in [0.15, 0.2) is 5.60 Å². The van der Waals surface area contributed by atoms with Crippen molar-refractivity contribution < 1.29 is 45.2 Å². The van der Waals surface area contributed by atoms with Gasteiger partial charge in [0, 0.05) is 13.2 Å². The van der Waals surface area contributed by atoms with Crippen molar-refractivity contribution >= 4 is 0 Å². The molecule has 7 atom stereocenters. The summed E-state index contributed by atoms with van der Waals surface area (Å²) in [5.41, 5.74) is -1.92. The summed E-state index contributed by atoms with van der Waals surface area (Å²) in [5.74, 6) is -0.154. The van der Waals surface area contributed by atoms with Gasteiger partial charge >= 0.3 is 0 Å². The highest BCUT2D eigenvalue weighted by molar-refractivity contribution is 5.28. The quantitative estimate of drug-likeness (QED) is 0.175. The number of allylic oxidation sites excluding steroid dienone is 1. The number of aliphatic hydroxyl groups is 7. The second kappa shape index (κ2) is 14.2. The van der Waals surface area contributed by atoms with E-state index >= 15 is 0 Å². The lowest BCUT2D eigenvalue weighted by Crippen LogP contribution is -2.69. The number of hydrogen-bond acceptors (Lipinski definition) is 9. The van der Waals surface area contributed by atoms with Crippen LogP contribution in [0.4, 0.5) is 0 Å². The van der Waals surface area contributed by atoms with E-state index in [0.717, 1.165) is 24.8 Å². The molecule has 0 amide bonds. The minimum atomic E-state index is -2.12. The number of aliphatic hydroxyl groups excluding tert-OH is 5. The van der Waals surface area contributed by atoms with E-state index in [0.29, 0.717) is 37.9 Å². The van der Waals surface area contributed by atoms with Gasteiger partial charge in [-0.05, 0) is 75.0 Å². The molecule has 1 saturated heterocycles. The average Bonchev–Trinajstić information content (AvgIpc) is 2.91. The van der Waals surface area contributed by atoms with Crippen LogP contribution in [-0.2, 0) is 11.2 Å². The summed E-state index contributed by atoms with van der Waals surface area (Å²) in [7, 11) is 0. The molecule has 2 fully saturated rings. The zero-order chi connectivity index (χ0) is 27.8. The first-order valence-electron chi connectivity index (χ1n) is 13.9. The Bertz CT molecular complexity index is 841. The lowest BCUT2D eigenvalue weighted by molar-refractivity contribution is -0.333. The zero-order valence-electron chi connectivity index (χ0n) is 22.2. The van der Waals surface area contributed by atoms with Crippen LogP contribution < -0.4 is 4.74 Å². The van der Waals surface area contributed by atoms with Gasteiger partial charge < -0.3 is 45.2 Å². The van der Waals surface area contributed by atoms with Crippen molar-refractivity contribution in [2.24, 2.45) is 5.92 Å². The van der Waals surface area contributed by atoms with Crippen molar-refractivity contribution in [3.63, 3.8) is 0 Å². The first-order chi connectivity index (χ1) is 18.2. The van der Waals surface area contributed by atoms with E-state index in [1.807, 2.05) is 12.1 Å². The molecule has 216 valence electrons. The Morgan fingerprint density at radius 2 is 1.74 bits per heavy atom. The lowest BCUT2D eigenvalue weighted by atomic mass is 9.75. The molecule has 3 rings (SSSR count). The summed E-state index contributed by atoms with van der Waals surface area (Å²) in [6.07, 6.45) is 0.564. The molecule has 1 aromatic carbocycles. The smallest absolute Gasteiger partial charge is 0.232 e. The van der Waals surface area contributed by atoms with Gasteiger partial charge in [0.2, 0.25) is 6.29 Å². The lowest BCUT2D eigenvalue weighted by Gasteiger charge is -2.50. The SMILES string of the molecule is C=CCc1ccc(O[C@H]2O[C@H]([C@@H](O)CCCO)[C@@H](O)[C@H](O)[C@]2(O)C[C@H](CO)CCC2(O)CCCCC2)cc1. The van der Waals surface area contributed by atoms with Crippen LogP contribution in [-0.4, -0.2) is 90.9 Å². The van der Waals surface area contributed by atoms with E-state index in [1.165, 1.54) is 0 Å². The molecule has 9 nitrogen and oxygen atoms in total. The molecule has 38 heavy (non-hydrogen) atoms. The van der Waals surface area contributed by atoms with Crippen LogP contribution in [0.5, 0.6) is 5.75 Å². The summed E-state index contributed by atoms with van der Waals surface area (Å²) >= 11 is 0. The van der Waals surface area contributed by atoms with E-state index in [9.17, 15) is 30.6 Å². The van der Waals surface area contributed by atoms with Crippen molar-refractivity contribution in [2.45, 2.75) is 113 Å². The largest absolute Gasteiger partial charge is 0.462 e. The number of benzene rings is 1. The summed E-state index contributed by atoms with van der Waals surface area (Å²) in [5, 5.41) is 74.6. The third-order valence-electron chi connectivity index (χ3n) is 8.12. The Labute approximate surface area is 225 Å². The summed E-state index contributed by atoms with van der Waals surface area (Å²) < 4.78 is 11.9. The predicted octanol–water partition coefficient (Wildman–Crippen LogP) is 1.58. The van der Waals surface area contributed by atoms with Crippen LogP contribution in [0, 0.1) is 5.92 Å². The molecule has 1 aromatic rings. The van der Waals surface area contributed by atoms with Gasteiger partial charge in [-0.1, -0.05) is 37.5 Å². The van der Waals surface area contributed by atoms with E-state index in [4.69, 9.17) is 14.6 Å². The first kappa shape index (κ1) is 31.0. The van der Waals surface area contributed by atoms with E-state index in [1.54, 1.807) is 18.2 Å². The van der Waals surface area contributed by atoms with Gasteiger partial charge in [-0.3, -0.25) is 0 Å². The normalized spacial score (nSPS) is 30.9. The van der Waals surface area contributed by atoms with Gasteiger partial charge in [-0.2, -0.15) is 0 Å². The standard InChI is InChI=1S/C29H46O9/c1-2-7-20-9-11-22(12-10-20)37-27-29(36,26(34)24(33)25(38-27)23(32)8-6-17-30)18-21(19-31)13-16-28(35)14-4-3-5-15-28/h2,9-12,21,23-27,30-36H,1,3-8,13-19H2/t21-,23+,24-,25-,26+,27+,29-/m1/s1. The van der Waals surface area contributed by atoms with Crippen molar-refractivity contribution in [3.05, 3.63) is 42.5 Å². The fourth-order valence-corrected chi connectivity index (χ4v) is 5.73. The number of hydrogen-bond donors (Lipinski definition) is 7. The van der Waals surface area contributed by atoms with Crippen molar-refractivity contribution in [2.75, 3.05) is 13.2 Å². The molecule has 2 aliphatic rings. The molecule has 0 aromatic heterocycles. The zero-order valence-corrected chi connectivity index (χ0v) is 22.2. The van der Waals surface area contributed by atoms with Crippen LogP contribution >= 0.6 is 0 Å². The topological polar surface area (TPSA) is 160 Å². The van der Waals surface area contributed by atoms with Crippen molar-refractivity contribution in [1.29, 1.82) is 0 Å². The van der Waals surface area contributed by atoms with Crippen molar-refractivity contribution in [1.82, 2.24) is 0 Å². The predicted molar refractivity (Wildman–Crippen MR) is 141 cm³/mol. The Morgan fingerprint density at radius 3 is 2.34 bits per heavy atom. The van der Waals surface area contributed by atoms with Crippen LogP contribution in [0.15, 0.2) is 36.9 Å². The summed E-state index contributed by atoms with van der Waals surface area (Å²) in [6.45, 7) is 3.27. The van der Waals surface area contributed by atoms with Gasteiger partial charge in [-0.15, -0.1) is 6.58 Å². The Balaban J connectivity index is 1.81. The Morgan fingerprint density at radius 1 is 1.05 bits per heavy atom. The Kier molecular flexibility index (Phi) is 11.6. The van der Waals surface area contributed by atoms with Crippen LogP contribution in [0.2, 0.25) is 0 Å². The van der Waals surface area contributed by atoms with Crippen LogP contribution in [0.3, 0.4) is 0 Å². The third-order valence-corrected chi connectivity index (χ3v) is 8.12. The van der Waals surface area contributed by atoms with E-state index < -0.39 is 47.8 Å². The second-order valence-electron chi connectivity index (χ2n) is 11.1. The maximum absolute atomic E-state index is 11.8. The highest BCUT2D eigenvalue weighted by atomic mass is 16.7. The molecule has 7 N–H and O–H groups in total. The maximum atomic E-state index is 11.8.